The molecule has 0 aromatic rings. The van der Waals surface area contributed by atoms with E-state index in [2.05, 4.69) is 26.1 Å². The first-order valence-electron chi connectivity index (χ1n) is 5.44. The lowest BCUT2D eigenvalue weighted by Crippen LogP contribution is -2.41. The average molecular weight is 203 g/mol. The molecule has 0 fully saturated rings. The van der Waals surface area contributed by atoms with E-state index in [1.165, 1.54) is 12.8 Å². The molecule has 86 valence electrons. The summed E-state index contributed by atoms with van der Waals surface area (Å²) in [5.41, 5.74) is 0. The van der Waals surface area contributed by atoms with E-state index in [4.69, 9.17) is 9.47 Å². The number of methoxy groups -OCH3 is 2. The Balaban J connectivity index is 3.65. The molecule has 14 heavy (non-hydrogen) atoms. The van der Waals surface area contributed by atoms with Crippen LogP contribution in [-0.4, -0.2) is 33.1 Å². The summed E-state index contributed by atoms with van der Waals surface area (Å²) in [6.45, 7) is 7.58. The van der Waals surface area contributed by atoms with Crippen molar-refractivity contribution in [2.75, 3.05) is 20.8 Å². The number of ether oxygens (including phenoxy) is 2. The quantitative estimate of drug-likeness (QED) is 0.612. The largest absolute Gasteiger partial charge is 0.354 e. The Hall–Kier alpha value is -0.120. The second kappa shape index (κ2) is 8.21. The van der Waals surface area contributed by atoms with Gasteiger partial charge in [0.05, 0.1) is 6.04 Å². The van der Waals surface area contributed by atoms with Crippen LogP contribution in [0.15, 0.2) is 0 Å². The van der Waals surface area contributed by atoms with Crippen molar-refractivity contribution >= 4 is 0 Å². The van der Waals surface area contributed by atoms with Gasteiger partial charge < -0.3 is 14.8 Å². The van der Waals surface area contributed by atoms with E-state index in [0.29, 0.717) is 0 Å². The molecule has 0 radical (unpaired) electrons. The van der Waals surface area contributed by atoms with E-state index in [9.17, 15) is 0 Å². The predicted molar refractivity (Wildman–Crippen MR) is 59.3 cm³/mol. The lowest BCUT2D eigenvalue weighted by atomic mass is 10.1. The van der Waals surface area contributed by atoms with Crippen molar-refractivity contribution in [3.8, 4) is 0 Å². The van der Waals surface area contributed by atoms with Crippen molar-refractivity contribution in [3.05, 3.63) is 0 Å². The molecule has 0 aromatic heterocycles. The van der Waals surface area contributed by atoms with Crippen molar-refractivity contribution < 1.29 is 9.47 Å². The molecule has 0 aliphatic rings. The molecular weight excluding hydrogens is 178 g/mol. The first kappa shape index (κ1) is 13.9. The summed E-state index contributed by atoms with van der Waals surface area (Å²) in [5.74, 6) is 0.719. The third kappa shape index (κ3) is 5.58. The van der Waals surface area contributed by atoms with Crippen LogP contribution in [0.3, 0.4) is 0 Å². The Labute approximate surface area is 88.2 Å². The van der Waals surface area contributed by atoms with E-state index in [0.717, 1.165) is 12.5 Å². The molecule has 1 N–H and O–H groups in total. The summed E-state index contributed by atoms with van der Waals surface area (Å²) in [4.78, 5) is 0. The van der Waals surface area contributed by atoms with Crippen molar-refractivity contribution in [2.24, 2.45) is 5.92 Å². The van der Waals surface area contributed by atoms with Crippen LogP contribution in [-0.2, 0) is 9.47 Å². The minimum atomic E-state index is -0.149. The summed E-state index contributed by atoms with van der Waals surface area (Å²) < 4.78 is 10.3. The zero-order chi connectivity index (χ0) is 11.0. The van der Waals surface area contributed by atoms with Crippen LogP contribution >= 0.6 is 0 Å². The summed E-state index contributed by atoms with van der Waals surface area (Å²) in [6.07, 6.45) is 2.36. The van der Waals surface area contributed by atoms with Crippen molar-refractivity contribution in [2.45, 2.75) is 45.9 Å². The van der Waals surface area contributed by atoms with E-state index in [1.54, 1.807) is 14.2 Å². The lowest BCUT2D eigenvalue weighted by molar-refractivity contribution is -0.119. The minimum Gasteiger partial charge on any atom is -0.354 e. The molecule has 2 atom stereocenters. The van der Waals surface area contributed by atoms with Gasteiger partial charge in [0.1, 0.15) is 0 Å². The minimum absolute atomic E-state index is 0.149. The van der Waals surface area contributed by atoms with Gasteiger partial charge in [-0.25, -0.2) is 0 Å². The molecule has 0 aliphatic heterocycles. The van der Waals surface area contributed by atoms with Crippen molar-refractivity contribution in [1.29, 1.82) is 0 Å². The van der Waals surface area contributed by atoms with Gasteiger partial charge in [0.15, 0.2) is 6.29 Å². The smallest absolute Gasteiger partial charge is 0.171 e. The van der Waals surface area contributed by atoms with Crippen LogP contribution in [0, 0.1) is 5.92 Å². The third-order valence-corrected chi connectivity index (χ3v) is 2.44. The first-order valence-corrected chi connectivity index (χ1v) is 5.44. The Morgan fingerprint density at radius 1 is 1.14 bits per heavy atom. The number of hydrogen-bond donors (Lipinski definition) is 1. The number of rotatable bonds is 8. The molecule has 0 amide bonds. The van der Waals surface area contributed by atoms with Crippen LogP contribution in [0.2, 0.25) is 0 Å². The van der Waals surface area contributed by atoms with Crippen molar-refractivity contribution in [1.82, 2.24) is 5.32 Å². The van der Waals surface area contributed by atoms with Gasteiger partial charge in [-0.05, 0) is 25.8 Å². The number of hydrogen-bond acceptors (Lipinski definition) is 3. The van der Waals surface area contributed by atoms with Crippen LogP contribution in [0.5, 0.6) is 0 Å². The highest BCUT2D eigenvalue weighted by Gasteiger charge is 2.15. The molecular formula is C11H25NO2. The highest BCUT2D eigenvalue weighted by Crippen LogP contribution is 2.05. The fraction of sp³-hybridized carbons (Fsp3) is 1.00. The summed E-state index contributed by atoms with van der Waals surface area (Å²) in [5, 5.41) is 3.42. The fourth-order valence-corrected chi connectivity index (χ4v) is 1.58. The molecule has 2 unspecified atom stereocenters. The van der Waals surface area contributed by atoms with Gasteiger partial charge in [0, 0.05) is 14.2 Å². The highest BCUT2D eigenvalue weighted by atomic mass is 16.7. The van der Waals surface area contributed by atoms with Gasteiger partial charge in [-0.1, -0.05) is 20.3 Å². The van der Waals surface area contributed by atoms with Gasteiger partial charge in [-0.2, -0.15) is 0 Å². The maximum absolute atomic E-state index is 5.17. The Morgan fingerprint density at radius 2 is 1.71 bits per heavy atom. The normalized spacial score (nSPS) is 15.9. The summed E-state index contributed by atoms with van der Waals surface area (Å²) in [6, 6.07) is 0.240. The van der Waals surface area contributed by atoms with Gasteiger partial charge >= 0.3 is 0 Å². The van der Waals surface area contributed by atoms with Crippen molar-refractivity contribution in [3.63, 3.8) is 0 Å². The Bertz CT molecular complexity index is 126. The average Bonchev–Trinajstić information content (AvgIpc) is 2.17. The second-order valence-corrected chi connectivity index (χ2v) is 3.93. The topological polar surface area (TPSA) is 30.5 Å². The zero-order valence-corrected chi connectivity index (χ0v) is 10.2. The van der Waals surface area contributed by atoms with E-state index < -0.39 is 0 Å². The highest BCUT2D eigenvalue weighted by molar-refractivity contribution is 4.66. The maximum atomic E-state index is 5.17. The third-order valence-electron chi connectivity index (χ3n) is 2.44. The molecule has 0 aromatic carbocycles. The predicted octanol–water partition coefficient (Wildman–Crippen LogP) is 2.02. The standard InChI is InChI=1S/C11H25NO2/c1-6-7-9(2)8-12-10(3)11(13-4)14-5/h9-12H,6-8H2,1-5H3. The van der Waals surface area contributed by atoms with Crippen LogP contribution in [0.25, 0.3) is 0 Å². The molecule has 3 heteroatoms. The SMILES string of the molecule is CCCC(C)CNC(C)C(OC)OC. The fourth-order valence-electron chi connectivity index (χ4n) is 1.58. The van der Waals surface area contributed by atoms with Gasteiger partial charge in [-0.3, -0.25) is 0 Å². The lowest BCUT2D eigenvalue weighted by Gasteiger charge is -2.23. The van der Waals surface area contributed by atoms with Crippen LogP contribution in [0.1, 0.15) is 33.6 Å². The van der Waals surface area contributed by atoms with E-state index in [1.807, 2.05) is 0 Å². The monoisotopic (exact) mass is 203 g/mol. The molecule has 0 aliphatic carbocycles. The first-order chi connectivity index (χ1) is 6.65. The summed E-state index contributed by atoms with van der Waals surface area (Å²) >= 11 is 0. The Kier molecular flexibility index (Phi) is 8.14. The van der Waals surface area contributed by atoms with Gasteiger partial charge in [0.25, 0.3) is 0 Å². The summed E-state index contributed by atoms with van der Waals surface area (Å²) in [7, 11) is 3.34. The van der Waals surface area contributed by atoms with E-state index in [-0.39, 0.29) is 12.3 Å². The maximum Gasteiger partial charge on any atom is 0.171 e. The Morgan fingerprint density at radius 3 is 2.14 bits per heavy atom. The molecule has 0 spiro atoms. The second-order valence-electron chi connectivity index (χ2n) is 3.93. The molecule has 3 nitrogen and oxygen atoms in total. The molecule has 0 saturated heterocycles. The molecule has 0 rings (SSSR count). The van der Waals surface area contributed by atoms with Gasteiger partial charge in [0.2, 0.25) is 0 Å². The number of nitrogens with one attached hydrogen (secondary N) is 1. The van der Waals surface area contributed by atoms with E-state index >= 15 is 0 Å². The molecule has 0 saturated carbocycles. The van der Waals surface area contributed by atoms with Crippen LogP contribution < -0.4 is 5.32 Å². The van der Waals surface area contributed by atoms with Gasteiger partial charge in [-0.15, -0.1) is 0 Å². The van der Waals surface area contributed by atoms with Crippen LogP contribution in [0.4, 0.5) is 0 Å². The zero-order valence-electron chi connectivity index (χ0n) is 10.2. The molecule has 0 heterocycles. The molecule has 0 bridgehead atoms.